The van der Waals surface area contributed by atoms with Gasteiger partial charge < -0.3 is 15.7 Å². The minimum absolute atomic E-state index is 0.0957. The van der Waals surface area contributed by atoms with E-state index >= 15 is 0 Å². The minimum atomic E-state index is -1.21. The maximum atomic E-state index is 12.9. The van der Waals surface area contributed by atoms with Gasteiger partial charge in [-0.05, 0) is 27.5 Å². The van der Waals surface area contributed by atoms with Crippen molar-refractivity contribution in [3.8, 4) is 0 Å². The zero-order valence-electron chi connectivity index (χ0n) is 22.8. The fraction of sp³-hybridized carbons (Fsp3) is 0.161. The number of nitrogens with one attached hydrogen (secondary N) is 2. The van der Waals surface area contributed by atoms with Crippen molar-refractivity contribution in [1.82, 2.24) is 30.4 Å². The number of hydrogen-bond acceptors (Lipinski definition) is 8. The number of carbonyl (C=O) groups is 3. The van der Waals surface area contributed by atoms with Crippen LogP contribution in [0.25, 0.3) is 0 Å². The molecule has 2 atom stereocenters. The summed E-state index contributed by atoms with van der Waals surface area (Å²) in [4.78, 5) is 39.9. The minimum Gasteiger partial charge on any atom is -0.477 e. The Bertz CT molecular complexity index is 1610. The molecule has 12 heteroatoms. The Hall–Kier alpha value is -5.23. The smallest absolute Gasteiger partial charge is 0.352 e. The number of amides is 2. The Morgan fingerprint density at radius 2 is 1.53 bits per heavy atom. The molecule has 2 amide bonds. The largest absolute Gasteiger partial charge is 0.477 e. The van der Waals surface area contributed by atoms with Gasteiger partial charge in [-0.15, -0.1) is 16.9 Å². The number of aliphatic carboxylic acids is 1. The lowest BCUT2D eigenvalue weighted by Crippen LogP contribution is -2.70. The highest BCUT2D eigenvalue weighted by Crippen LogP contribution is 2.41. The van der Waals surface area contributed by atoms with Gasteiger partial charge in [0.1, 0.15) is 29.2 Å². The van der Waals surface area contributed by atoms with Gasteiger partial charge >= 0.3 is 5.97 Å². The number of rotatable bonds is 10. The van der Waals surface area contributed by atoms with Gasteiger partial charge in [-0.1, -0.05) is 109 Å². The van der Waals surface area contributed by atoms with E-state index in [1.807, 2.05) is 91.0 Å². The molecule has 2 aliphatic heterocycles. The SMILES string of the molecule is C=CC1=C(C(=O)O)N2C(=O)C(NC(=O)Cn3nnc(NC(c4ccccc4)(c4ccccc4)c4ccccc4)n3)[C@H]2SC1. The van der Waals surface area contributed by atoms with E-state index in [2.05, 4.69) is 32.6 Å². The first-order valence-corrected chi connectivity index (χ1v) is 14.5. The van der Waals surface area contributed by atoms with Crippen LogP contribution in [0.3, 0.4) is 0 Å². The predicted octanol–water partition coefficient (Wildman–Crippen LogP) is 3.00. The van der Waals surface area contributed by atoms with Crippen molar-refractivity contribution in [2.75, 3.05) is 11.1 Å². The van der Waals surface area contributed by atoms with Crippen LogP contribution < -0.4 is 10.6 Å². The second-order valence-electron chi connectivity index (χ2n) is 9.95. The summed E-state index contributed by atoms with van der Waals surface area (Å²) in [7, 11) is 0. The molecule has 0 saturated carbocycles. The average molecular weight is 594 g/mol. The first kappa shape index (κ1) is 27.9. The molecule has 0 bridgehead atoms. The van der Waals surface area contributed by atoms with Crippen molar-refractivity contribution >= 4 is 35.5 Å². The summed E-state index contributed by atoms with van der Waals surface area (Å²) in [6, 6.07) is 28.9. The molecule has 1 unspecified atom stereocenters. The average Bonchev–Trinajstić information content (AvgIpc) is 3.49. The lowest BCUT2D eigenvalue weighted by atomic mass is 9.77. The molecular weight excluding hydrogens is 566 g/mol. The van der Waals surface area contributed by atoms with Gasteiger partial charge in [0.15, 0.2) is 0 Å². The molecule has 4 aromatic rings. The number of β-lactam (4-membered cyclic amide) rings is 1. The summed E-state index contributed by atoms with van der Waals surface area (Å²) in [5, 5.41) is 28.0. The van der Waals surface area contributed by atoms with Crippen LogP contribution in [-0.2, 0) is 26.5 Å². The second kappa shape index (κ2) is 11.6. The molecule has 0 spiro atoms. The number of benzene rings is 3. The Morgan fingerprint density at radius 3 is 2.05 bits per heavy atom. The summed E-state index contributed by atoms with van der Waals surface area (Å²) in [5.74, 6) is -1.63. The molecule has 0 aliphatic carbocycles. The fourth-order valence-corrected chi connectivity index (χ4v) is 6.80. The number of tetrazole rings is 1. The quantitative estimate of drug-likeness (QED) is 0.187. The zero-order valence-corrected chi connectivity index (χ0v) is 23.6. The van der Waals surface area contributed by atoms with E-state index in [0.717, 1.165) is 21.5 Å². The Kier molecular flexibility index (Phi) is 7.51. The topological polar surface area (TPSA) is 142 Å². The number of carbonyl (C=O) groups excluding carboxylic acids is 2. The molecular formula is C31H27N7O4S. The number of anilines is 1. The first-order chi connectivity index (χ1) is 20.9. The number of thioether (sulfide) groups is 1. The van der Waals surface area contributed by atoms with Crippen molar-refractivity contribution < 1.29 is 19.5 Å². The Morgan fingerprint density at radius 1 is 0.977 bits per heavy atom. The van der Waals surface area contributed by atoms with Crippen LogP contribution in [0.1, 0.15) is 16.7 Å². The molecule has 3 heterocycles. The normalized spacial score (nSPS) is 18.0. The molecule has 3 aromatic carbocycles. The van der Waals surface area contributed by atoms with Gasteiger partial charge in [-0.3, -0.25) is 14.5 Å². The third-order valence-electron chi connectivity index (χ3n) is 7.42. The van der Waals surface area contributed by atoms with E-state index in [1.54, 1.807) is 0 Å². The lowest BCUT2D eigenvalue weighted by molar-refractivity contribution is -0.150. The molecule has 1 aromatic heterocycles. The van der Waals surface area contributed by atoms with E-state index < -0.39 is 34.7 Å². The van der Waals surface area contributed by atoms with Gasteiger partial charge in [-0.25, -0.2) is 4.79 Å². The highest BCUT2D eigenvalue weighted by molar-refractivity contribution is 8.00. The number of carboxylic acid groups (broad SMARTS) is 1. The summed E-state index contributed by atoms with van der Waals surface area (Å²) in [6.45, 7) is 3.36. The molecule has 1 saturated heterocycles. The number of carboxylic acids is 1. The van der Waals surface area contributed by atoms with Gasteiger partial charge in [0, 0.05) is 5.75 Å². The van der Waals surface area contributed by atoms with Crippen molar-refractivity contribution in [2.45, 2.75) is 23.5 Å². The maximum absolute atomic E-state index is 12.9. The molecule has 0 radical (unpaired) electrons. The summed E-state index contributed by atoms with van der Waals surface area (Å²) < 4.78 is 0. The van der Waals surface area contributed by atoms with Gasteiger partial charge in [0.25, 0.3) is 11.9 Å². The summed E-state index contributed by atoms with van der Waals surface area (Å²) in [6.07, 6.45) is 1.44. The third kappa shape index (κ3) is 5.06. The number of hydrogen-bond donors (Lipinski definition) is 3. The van der Waals surface area contributed by atoms with Gasteiger partial charge in [0.2, 0.25) is 5.91 Å². The second-order valence-corrected chi connectivity index (χ2v) is 11.1. The molecule has 6 rings (SSSR count). The van der Waals surface area contributed by atoms with Crippen molar-refractivity contribution in [3.63, 3.8) is 0 Å². The van der Waals surface area contributed by atoms with Crippen LogP contribution in [-0.4, -0.2) is 65.2 Å². The van der Waals surface area contributed by atoms with E-state index in [0.29, 0.717) is 11.3 Å². The highest BCUT2D eigenvalue weighted by atomic mass is 32.2. The van der Waals surface area contributed by atoms with Crippen LogP contribution in [0.15, 0.2) is 115 Å². The summed E-state index contributed by atoms with van der Waals surface area (Å²) in [5.41, 5.74) is 2.36. The molecule has 3 N–H and O–H groups in total. The maximum Gasteiger partial charge on any atom is 0.352 e. The van der Waals surface area contributed by atoms with Crippen LogP contribution in [0, 0.1) is 0 Å². The van der Waals surface area contributed by atoms with Crippen LogP contribution in [0.2, 0.25) is 0 Å². The number of aromatic nitrogens is 4. The Balaban J connectivity index is 1.23. The molecule has 1 fully saturated rings. The van der Waals surface area contributed by atoms with Crippen molar-refractivity contribution in [1.29, 1.82) is 0 Å². The first-order valence-electron chi connectivity index (χ1n) is 13.5. The number of fused-ring (bicyclic) bond motifs is 1. The van der Waals surface area contributed by atoms with E-state index in [4.69, 9.17) is 0 Å². The van der Waals surface area contributed by atoms with Crippen molar-refractivity contribution in [3.05, 3.63) is 132 Å². The fourth-order valence-electron chi connectivity index (χ4n) is 5.46. The molecule has 216 valence electrons. The van der Waals surface area contributed by atoms with Crippen molar-refractivity contribution in [2.24, 2.45) is 0 Å². The number of nitrogens with zero attached hydrogens (tertiary/aromatic N) is 5. The van der Waals surface area contributed by atoms with Crippen LogP contribution in [0.5, 0.6) is 0 Å². The summed E-state index contributed by atoms with van der Waals surface area (Å²) >= 11 is 1.37. The predicted molar refractivity (Wildman–Crippen MR) is 161 cm³/mol. The number of allylic oxidation sites excluding steroid dienone is 1. The highest BCUT2D eigenvalue weighted by Gasteiger charge is 2.54. The van der Waals surface area contributed by atoms with Crippen LogP contribution in [0.4, 0.5) is 5.95 Å². The van der Waals surface area contributed by atoms with E-state index in [-0.39, 0.29) is 18.2 Å². The third-order valence-corrected chi connectivity index (χ3v) is 8.72. The molecule has 11 nitrogen and oxygen atoms in total. The van der Waals surface area contributed by atoms with Gasteiger partial charge in [-0.2, -0.15) is 4.80 Å². The van der Waals surface area contributed by atoms with Crippen LogP contribution >= 0.6 is 11.8 Å². The van der Waals surface area contributed by atoms with E-state index in [1.165, 1.54) is 22.7 Å². The van der Waals surface area contributed by atoms with Gasteiger partial charge in [0.05, 0.1) is 0 Å². The standard InChI is InChI=1S/C31H27N7O4S/c1-2-20-19-43-28-25(27(40)38(28)26(20)29(41)42)32-24(39)18-37-35-30(34-36-37)33-31(21-12-6-3-7-13-21,22-14-8-4-9-15-22)23-16-10-5-11-17-23/h2-17,25,28H,1,18-19H2,(H,32,39)(H,33,35)(H,41,42)/t25?,28-/m1/s1. The molecule has 43 heavy (non-hydrogen) atoms. The Labute approximate surface area is 251 Å². The lowest BCUT2D eigenvalue weighted by Gasteiger charge is -2.49. The van der Waals surface area contributed by atoms with E-state index in [9.17, 15) is 19.5 Å². The molecule has 2 aliphatic rings. The monoisotopic (exact) mass is 593 g/mol. The zero-order chi connectivity index (χ0) is 30.0.